The van der Waals surface area contributed by atoms with Gasteiger partial charge in [0.15, 0.2) is 0 Å². The minimum absolute atomic E-state index is 0.799. The van der Waals surface area contributed by atoms with Crippen molar-refractivity contribution in [2.45, 2.75) is 70.0 Å². The van der Waals surface area contributed by atoms with E-state index in [0.717, 1.165) is 22.8 Å². The molecule has 4 aliphatic rings. The van der Waals surface area contributed by atoms with Crippen molar-refractivity contribution in [2.75, 3.05) is 0 Å². The number of hydrogen-bond acceptors (Lipinski definition) is 0. The summed E-state index contributed by atoms with van der Waals surface area (Å²) in [5.74, 6) is 3.34. The molecule has 0 atom stereocenters. The molecule has 0 N–H and O–H groups in total. The highest BCUT2D eigenvalue weighted by Gasteiger charge is 2.56. The summed E-state index contributed by atoms with van der Waals surface area (Å²) in [6, 6.07) is 0. The summed E-state index contributed by atoms with van der Waals surface area (Å²) in [4.78, 5) is 0. The fourth-order valence-electron chi connectivity index (χ4n) is 5.49. The molecule has 4 rings (SSSR count). The summed E-state index contributed by atoms with van der Waals surface area (Å²) in [7, 11) is -1.16. The molecule has 0 aromatic carbocycles. The second-order valence-electron chi connectivity index (χ2n) is 7.73. The van der Waals surface area contributed by atoms with E-state index in [1.54, 1.807) is 38.5 Å². The van der Waals surface area contributed by atoms with Crippen LogP contribution in [0.15, 0.2) is 11.8 Å². The van der Waals surface area contributed by atoms with Gasteiger partial charge in [-0.15, -0.1) is 0 Å². The van der Waals surface area contributed by atoms with E-state index < -0.39 is 8.07 Å². The predicted molar refractivity (Wildman–Crippen MR) is 77.8 cm³/mol. The van der Waals surface area contributed by atoms with E-state index in [-0.39, 0.29) is 0 Å². The Morgan fingerprint density at radius 2 is 1.47 bits per heavy atom. The molecule has 17 heavy (non-hydrogen) atoms. The summed E-state index contributed by atoms with van der Waals surface area (Å²) in [5, 5.41) is 0.799. The maximum Gasteiger partial charge on any atom is 0.0774 e. The van der Waals surface area contributed by atoms with E-state index in [9.17, 15) is 0 Å². The molecule has 4 aliphatic carbocycles. The SMILES string of the molecule is CCC=C[Si](C)(C)C12CC3CC(CC(C3)C1)C2. The van der Waals surface area contributed by atoms with Gasteiger partial charge in [0.1, 0.15) is 0 Å². The maximum atomic E-state index is 2.68. The molecular weight excluding hydrogens is 220 g/mol. The first kappa shape index (κ1) is 12.0. The molecule has 0 saturated heterocycles. The Hall–Kier alpha value is -0.0431. The average Bonchev–Trinajstić information content (AvgIpc) is 2.24. The summed E-state index contributed by atoms with van der Waals surface area (Å²) >= 11 is 0. The lowest BCUT2D eigenvalue weighted by Gasteiger charge is -2.61. The Morgan fingerprint density at radius 1 is 1.00 bits per heavy atom. The monoisotopic (exact) mass is 248 g/mol. The van der Waals surface area contributed by atoms with Crippen LogP contribution in [0.5, 0.6) is 0 Å². The van der Waals surface area contributed by atoms with Crippen LogP contribution in [0.25, 0.3) is 0 Å². The van der Waals surface area contributed by atoms with Gasteiger partial charge in [-0.2, -0.15) is 0 Å². The van der Waals surface area contributed by atoms with Crippen LogP contribution < -0.4 is 0 Å². The van der Waals surface area contributed by atoms with Gasteiger partial charge >= 0.3 is 0 Å². The van der Waals surface area contributed by atoms with Gasteiger partial charge in [0.2, 0.25) is 0 Å². The minimum atomic E-state index is -1.16. The van der Waals surface area contributed by atoms with Gasteiger partial charge in [0.05, 0.1) is 8.07 Å². The zero-order valence-corrected chi connectivity index (χ0v) is 12.8. The molecule has 1 heteroatoms. The minimum Gasteiger partial charge on any atom is -0.0981 e. The fourth-order valence-corrected chi connectivity index (χ4v) is 9.11. The molecule has 4 fully saturated rings. The van der Waals surface area contributed by atoms with Crippen LogP contribution in [0, 0.1) is 17.8 Å². The molecule has 0 aromatic rings. The topological polar surface area (TPSA) is 0 Å². The zero-order valence-electron chi connectivity index (χ0n) is 11.8. The lowest BCUT2D eigenvalue weighted by atomic mass is 9.56. The van der Waals surface area contributed by atoms with E-state index in [1.807, 2.05) is 0 Å². The van der Waals surface area contributed by atoms with Crippen LogP contribution >= 0.6 is 0 Å². The molecule has 0 unspecified atom stereocenters. The first-order chi connectivity index (χ1) is 8.05. The van der Waals surface area contributed by atoms with Crippen molar-refractivity contribution in [3.05, 3.63) is 11.8 Å². The van der Waals surface area contributed by atoms with Crippen molar-refractivity contribution >= 4 is 8.07 Å². The van der Waals surface area contributed by atoms with Crippen LogP contribution in [-0.2, 0) is 0 Å². The molecule has 0 spiro atoms. The average molecular weight is 248 g/mol. The van der Waals surface area contributed by atoms with E-state index in [1.165, 1.54) is 6.42 Å². The number of allylic oxidation sites excluding steroid dienone is 1. The van der Waals surface area contributed by atoms with Crippen LogP contribution in [0.2, 0.25) is 18.1 Å². The number of hydrogen-bond donors (Lipinski definition) is 0. The Morgan fingerprint density at radius 3 is 1.88 bits per heavy atom. The highest BCUT2D eigenvalue weighted by Crippen LogP contribution is 2.67. The Balaban J connectivity index is 1.88. The van der Waals surface area contributed by atoms with E-state index >= 15 is 0 Å². The van der Waals surface area contributed by atoms with Gasteiger partial charge in [-0.05, 0) is 67.7 Å². The van der Waals surface area contributed by atoms with Gasteiger partial charge in [-0.3, -0.25) is 0 Å². The lowest BCUT2D eigenvalue weighted by Crippen LogP contribution is -2.53. The van der Waals surface area contributed by atoms with E-state index in [0.29, 0.717) is 0 Å². The molecule has 4 saturated carbocycles. The van der Waals surface area contributed by atoms with Crippen LogP contribution in [0.1, 0.15) is 51.9 Å². The Bertz CT molecular complexity index is 291. The molecule has 0 aromatic heterocycles. The summed E-state index contributed by atoms with van der Waals surface area (Å²) in [5.41, 5.74) is 2.68. The van der Waals surface area contributed by atoms with Gasteiger partial charge in [0.25, 0.3) is 0 Å². The van der Waals surface area contributed by atoms with Gasteiger partial charge < -0.3 is 0 Å². The largest absolute Gasteiger partial charge is 0.0981 e. The highest BCUT2D eigenvalue weighted by atomic mass is 28.3. The quantitative estimate of drug-likeness (QED) is 0.604. The molecule has 0 nitrogen and oxygen atoms in total. The van der Waals surface area contributed by atoms with E-state index in [2.05, 4.69) is 31.8 Å². The van der Waals surface area contributed by atoms with Crippen molar-refractivity contribution in [3.8, 4) is 0 Å². The predicted octanol–water partition coefficient (Wildman–Crippen LogP) is 5.17. The molecule has 4 bridgehead atoms. The fraction of sp³-hybridized carbons (Fsp3) is 0.875. The Labute approximate surface area is 108 Å². The molecular formula is C16H28Si. The maximum absolute atomic E-state index is 2.68. The van der Waals surface area contributed by atoms with Crippen molar-refractivity contribution < 1.29 is 0 Å². The molecule has 0 radical (unpaired) electrons. The summed E-state index contributed by atoms with van der Waals surface area (Å²) < 4.78 is 0. The van der Waals surface area contributed by atoms with Gasteiger partial charge in [-0.1, -0.05) is 31.8 Å². The van der Waals surface area contributed by atoms with Crippen molar-refractivity contribution in [2.24, 2.45) is 17.8 Å². The van der Waals surface area contributed by atoms with Crippen molar-refractivity contribution in [1.29, 1.82) is 0 Å². The second kappa shape index (κ2) is 3.98. The van der Waals surface area contributed by atoms with Crippen molar-refractivity contribution in [3.63, 3.8) is 0 Å². The Kier molecular flexibility index (Phi) is 2.81. The van der Waals surface area contributed by atoms with Crippen LogP contribution in [0.3, 0.4) is 0 Å². The molecule has 0 heterocycles. The normalized spacial score (nSPS) is 44.8. The first-order valence-corrected chi connectivity index (χ1v) is 10.8. The summed E-state index contributed by atoms with van der Waals surface area (Å²) in [6.45, 7) is 7.57. The smallest absolute Gasteiger partial charge is 0.0774 e. The molecule has 96 valence electrons. The molecule has 0 aliphatic heterocycles. The summed E-state index contributed by atoms with van der Waals surface area (Å²) in [6.07, 6.45) is 13.2. The van der Waals surface area contributed by atoms with Gasteiger partial charge in [0, 0.05) is 0 Å². The third-order valence-electron chi connectivity index (χ3n) is 6.18. The third kappa shape index (κ3) is 1.85. The standard InChI is InChI=1S/C16H28Si/c1-4-5-6-17(2,3)16-10-13-7-14(11-16)9-15(8-13)12-16/h5-6,13-15H,4,7-12H2,1-3H3. The third-order valence-corrected chi connectivity index (χ3v) is 10.6. The van der Waals surface area contributed by atoms with Crippen LogP contribution in [-0.4, -0.2) is 8.07 Å². The van der Waals surface area contributed by atoms with E-state index in [4.69, 9.17) is 0 Å². The van der Waals surface area contributed by atoms with Gasteiger partial charge in [-0.25, -0.2) is 0 Å². The first-order valence-electron chi connectivity index (χ1n) is 7.72. The second-order valence-corrected chi connectivity index (χ2v) is 12.6. The molecule has 0 amide bonds. The zero-order chi connectivity index (χ0) is 12.1. The number of rotatable bonds is 3. The lowest BCUT2D eigenvalue weighted by molar-refractivity contribution is 0.0256. The van der Waals surface area contributed by atoms with Crippen LogP contribution in [0.4, 0.5) is 0 Å². The highest BCUT2D eigenvalue weighted by molar-refractivity contribution is 6.85. The van der Waals surface area contributed by atoms with Crippen molar-refractivity contribution in [1.82, 2.24) is 0 Å².